The van der Waals surface area contributed by atoms with Crippen LogP contribution in [0.4, 0.5) is 0 Å². The third kappa shape index (κ3) is 1.05. The first-order valence-electron chi connectivity index (χ1n) is 2.83. The third-order valence-electron chi connectivity index (χ3n) is 1.21. The zero-order valence-corrected chi connectivity index (χ0v) is 5.76. The van der Waals surface area contributed by atoms with Gasteiger partial charge < -0.3 is 0 Å². The summed E-state index contributed by atoms with van der Waals surface area (Å²) < 4.78 is 0. The third-order valence-corrected chi connectivity index (χ3v) is 1.21. The summed E-state index contributed by atoms with van der Waals surface area (Å²) in [5.41, 5.74) is 4.16. The summed E-state index contributed by atoms with van der Waals surface area (Å²) in [5, 5.41) is 3.72. The lowest BCUT2D eigenvalue weighted by atomic mass is 10.5. The number of nitrogens with zero attached hydrogens (tertiary/aromatic N) is 2. The Kier molecular flexibility index (Phi) is 1.44. The van der Waals surface area contributed by atoms with Crippen LogP contribution in [-0.4, -0.2) is 17.1 Å². The topological polar surface area (TPSA) is 18.5 Å². The molecule has 1 aliphatic heterocycles. The molecule has 50 valence electrons. The Morgan fingerprint density at radius 3 is 2.67 bits per heavy atom. The van der Waals surface area contributed by atoms with Crippen molar-refractivity contribution in [2.45, 2.75) is 6.92 Å². The lowest BCUT2D eigenvalue weighted by Crippen LogP contribution is -2.34. The molecule has 0 aromatic carbocycles. The van der Waals surface area contributed by atoms with Crippen LogP contribution in [0.3, 0.4) is 0 Å². The molecule has 0 atom stereocenters. The maximum absolute atomic E-state index is 3.62. The molecule has 0 unspecified atom stereocenters. The second-order valence-electron chi connectivity index (χ2n) is 2.03. The smallest absolute Gasteiger partial charge is 0.0505 e. The van der Waals surface area contributed by atoms with Crippen LogP contribution in [0.1, 0.15) is 6.92 Å². The molecule has 0 radical (unpaired) electrons. The van der Waals surface area contributed by atoms with E-state index in [9.17, 15) is 0 Å². The first-order valence-corrected chi connectivity index (χ1v) is 2.83. The van der Waals surface area contributed by atoms with E-state index in [-0.39, 0.29) is 0 Å². The van der Waals surface area contributed by atoms with Gasteiger partial charge in [-0.3, -0.25) is 10.0 Å². The summed E-state index contributed by atoms with van der Waals surface area (Å²) >= 11 is 0. The average molecular weight is 125 g/mol. The predicted molar refractivity (Wildman–Crippen MR) is 36.7 cm³/mol. The Bertz CT molecular complexity index is 150. The van der Waals surface area contributed by atoms with E-state index >= 15 is 0 Å². The second kappa shape index (κ2) is 2.11. The van der Waals surface area contributed by atoms with Gasteiger partial charge in [-0.2, -0.15) is 0 Å². The lowest BCUT2D eigenvalue weighted by Gasteiger charge is -2.16. The number of hydrazine groups is 2. The van der Waals surface area contributed by atoms with Crippen LogP contribution >= 0.6 is 0 Å². The Hall–Kier alpha value is -0.960. The molecular formula is C6H11N3. The molecule has 0 aromatic rings. The van der Waals surface area contributed by atoms with Crippen molar-refractivity contribution in [1.29, 1.82) is 0 Å². The molecule has 1 N–H and O–H groups in total. The van der Waals surface area contributed by atoms with Crippen molar-refractivity contribution < 1.29 is 0 Å². The highest BCUT2D eigenvalue weighted by atomic mass is 15.8. The summed E-state index contributed by atoms with van der Waals surface area (Å²) in [7, 11) is 1.94. The van der Waals surface area contributed by atoms with E-state index in [0.29, 0.717) is 0 Å². The molecular weight excluding hydrogens is 114 g/mol. The monoisotopic (exact) mass is 125 g/mol. The molecule has 0 amide bonds. The standard InChI is InChI=1S/C6H11N3/c1-4-9-6(2)5-8(3)7-9/h4-5,7H,1H2,2-3H3. The maximum Gasteiger partial charge on any atom is 0.0505 e. The molecule has 1 heterocycles. The molecule has 3 heteroatoms. The number of hydrogen-bond donors (Lipinski definition) is 1. The number of hydrogen-bond acceptors (Lipinski definition) is 3. The minimum absolute atomic E-state index is 1.15. The van der Waals surface area contributed by atoms with E-state index in [0.717, 1.165) is 5.70 Å². The van der Waals surface area contributed by atoms with Crippen molar-refractivity contribution in [1.82, 2.24) is 15.6 Å². The highest BCUT2D eigenvalue weighted by Crippen LogP contribution is 2.06. The molecule has 3 nitrogen and oxygen atoms in total. The minimum Gasteiger partial charge on any atom is -0.299 e. The Labute approximate surface area is 55.2 Å². The molecule has 0 fully saturated rings. The fraction of sp³-hybridized carbons (Fsp3) is 0.333. The van der Waals surface area contributed by atoms with Gasteiger partial charge in [0, 0.05) is 19.4 Å². The van der Waals surface area contributed by atoms with Crippen molar-refractivity contribution >= 4 is 0 Å². The van der Waals surface area contributed by atoms with E-state index in [1.807, 2.05) is 30.2 Å². The molecule has 0 aromatic heterocycles. The van der Waals surface area contributed by atoms with Gasteiger partial charge >= 0.3 is 0 Å². The van der Waals surface area contributed by atoms with Crippen LogP contribution in [0, 0.1) is 0 Å². The van der Waals surface area contributed by atoms with E-state index in [1.54, 1.807) is 6.20 Å². The van der Waals surface area contributed by atoms with Gasteiger partial charge in [0.1, 0.15) is 0 Å². The summed E-state index contributed by atoms with van der Waals surface area (Å²) in [4.78, 5) is 0. The average Bonchev–Trinajstić information content (AvgIpc) is 2.10. The predicted octanol–water partition coefficient (Wildman–Crippen LogP) is 0.658. The summed E-state index contributed by atoms with van der Waals surface area (Å²) in [6, 6.07) is 0. The molecule has 9 heavy (non-hydrogen) atoms. The van der Waals surface area contributed by atoms with Gasteiger partial charge in [-0.15, -0.1) is 5.53 Å². The fourth-order valence-corrected chi connectivity index (χ4v) is 0.805. The highest BCUT2D eigenvalue weighted by Gasteiger charge is 2.09. The van der Waals surface area contributed by atoms with Gasteiger partial charge in [0.15, 0.2) is 0 Å². The Morgan fingerprint density at radius 2 is 2.44 bits per heavy atom. The molecule has 0 aliphatic carbocycles. The first kappa shape index (κ1) is 6.16. The van der Waals surface area contributed by atoms with Crippen LogP contribution in [0.5, 0.6) is 0 Å². The highest BCUT2D eigenvalue weighted by molar-refractivity contribution is 5.02. The summed E-state index contributed by atoms with van der Waals surface area (Å²) in [6.45, 7) is 5.64. The van der Waals surface area contributed by atoms with E-state index < -0.39 is 0 Å². The Morgan fingerprint density at radius 1 is 1.78 bits per heavy atom. The lowest BCUT2D eigenvalue weighted by molar-refractivity contribution is 0.205. The van der Waals surface area contributed by atoms with E-state index in [1.165, 1.54) is 0 Å². The zero-order chi connectivity index (χ0) is 6.85. The van der Waals surface area contributed by atoms with Crippen molar-refractivity contribution in [3.8, 4) is 0 Å². The van der Waals surface area contributed by atoms with Gasteiger partial charge in [0.25, 0.3) is 0 Å². The number of allylic oxidation sites excluding steroid dienone is 1. The van der Waals surface area contributed by atoms with Crippen LogP contribution in [0.15, 0.2) is 24.7 Å². The molecule has 0 spiro atoms. The largest absolute Gasteiger partial charge is 0.299 e. The second-order valence-corrected chi connectivity index (χ2v) is 2.03. The normalized spacial score (nSPS) is 18.2. The molecule has 0 bridgehead atoms. The quantitative estimate of drug-likeness (QED) is 0.555. The number of nitrogens with one attached hydrogen (secondary N) is 1. The van der Waals surface area contributed by atoms with E-state index in [4.69, 9.17) is 0 Å². The van der Waals surface area contributed by atoms with E-state index in [2.05, 4.69) is 12.1 Å². The van der Waals surface area contributed by atoms with Crippen molar-refractivity contribution in [2.75, 3.05) is 7.05 Å². The van der Waals surface area contributed by atoms with Crippen molar-refractivity contribution in [3.63, 3.8) is 0 Å². The molecule has 1 aliphatic rings. The number of rotatable bonds is 1. The van der Waals surface area contributed by atoms with Crippen LogP contribution < -0.4 is 5.53 Å². The molecule has 0 saturated heterocycles. The maximum atomic E-state index is 3.62. The van der Waals surface area contributed by atoms with Crippen LogP contribution in [0.2, 0.25) is 0 Å². The van der Waals surface area contributed by atoms with Gasteiger partial charge in [-0.1, -0.05) is 6.58 Å². The van der Waals surface area contributed by atoms with Gasteiger partial charge in [0.05, 0.1) is 5.70 Å². The van der Waals surface area contributed by atoms with Crippen molar-refractivity contribution in [3.05, 3.63) is 24.7 Å². The summed E-state index contributed by atoms with van der Waals surface area (Å²) in [5.74, 6) is 0. The van der Waals surface area contributed by atoms with Crippen LogP contribution in [-0.2, 0) is 0 Å². The zero-order valence-electron chi connectivity index (χ0n) is 5.76. The van der Waals surface area contributed by atoms with Gasteiger partial charge in [0.2, 0.25) is 0 Å². The Balaban J connectivity index is 2.64. The summed E-state index contributed by atoms with van der Waals surface area (Å²) in [6.07, 6.45) is 3.72. The molecule has 0 saturated carbocycles. The van der Waals surface area contributed by atoms with Crippen molar-refractivity contribution in [2.24, 2.45) is 0 Å². The van der Waals surface area contributed by atoms with Gasteiger partial charge in [-0.05, 0) is 6.92 Å². The van der Waals surface area contributed by atoms with Crippen LogP contribution in [0.25, 0.3) is 0 Å². The van der Waals surface area contributed by atoms with Gasteiger partial charge in [-0.25, -0.2) is 0 Å². The minimum atomic E-state index is 1.15. The fourth-order valence-electron chi connectivity index (χ4n) is 0.805. The first-order chi connectivity index (χ1) is 4.24. The molecule has 1 rings (SSSR count). The SMILES string of the molecule is C=CN1NN(C)C=C1C.